The Hall–Kier alpha value is -3.43. The highest BCUT2D eigenvalue weighted by molar-refractivity contribution is 5.96. The van der Waals surface area contributed by atoms with Crippen LogP contribution in [0.25, 0.3) is 11.0 Å². The lowest BCUT2D eigenvalue weighted by Gasteiger charge is -2.28. The molecule has 3 aromatic heterocycles. The first kappa shape index (κ1) is 23.3. The number of fused-ring (bicyclic) bond motifs is 2. The van der Waals surface area contributed by atoms with Crippen molar-refractivity contribution in [2.75, 3.05) is 18.0 Å². The van der Waals surface area contributed by atoms with Gasteiger partial charge in [-0.1, -0.05) is 5.16 Å². The molecule has 35 heavy (non-hydrogen) atoms. The zero-order valence-electron chi connectivity index (χ0n) is 20.5. The van der Waals surface area contributed by atoms with Crippen LogP contribution in [0.4, 0.5) is 10.6 Å². The first-order valence-electron chi connectivity index (χ1n) is 12.3. The summed E-state index contributed by atoms with van der Waals surface area (Å²) >= 11 is 0. The third-order valence-electron chi connectivity index (χ3n) is 6.67. The molecule has 0 aromatic carbocycles. The summed E-state index contributed by atoms with van der Waals surface area (Å²) in [4.78, 5) is 41.4. The van der Waals surface area contributed by atoms with Gasteiger partial charge in [0.05, 0.1) is 11.9 Å². The molecule has 0 aliphatic carbocycles. The average Bonchev–Trinajstić information content (AvgIpc) is 3.56. The number of Topliss-reactive ketones (excluding diaryl/α,β-unsaturated/α-hetero) is 1. The zero-order chi connectivity index (χ0) is 24.6. The lowest BCUT2D eigenvalue weighted by molar-refractivity contribution is 0.0219. The van der Waals surface area contributed by atoms with Crippen LogP contribution in [-0.2, 0) is 17.7 Å². The number of carbonyl (C=O) groups is 2. The number of aromatic amines is 1. The number of rotatable bonds is 6. The Balaban J connectivity index is 1.21. The molecule has 2 aliphatic rings. The Kier molecular flexibility index (Phi) is 6.21. The molecule has 1 atom stereocenters. The van der Waals surface area contributed by atoms with Crippen LogP contribution in [0.5, 0.6) is 0 Å². The van der Waals surface area contributed by atoms with Crippen LogP contribution in [0.15, 0.2) is 23.1 Å². The van der Waals surface area contributed by atoms with Crippen LogP contribution in [0.3, 0.4) is 0 Å². The number of H-pyrrole nitrogens is 1. The summed E-state index contributed by atoms with van der Waals surface area (Å²) in [7, 11) is 0. The van der Waals surface area contributed by atoms with E-state index in [1.54, 1.807) is 6.33 Å². The van der Waals surface area contributed by atoms with E-state index in [-0.39, 0.29) is 17.9 Å². The Morgan fingerprint density at radius 3 is 2.94 bits per heavy atom. The molecule has 186 valence electrons. The molecule has 1 saturated heterocycles. The second kappa shape index (κ2) is 9.31. The summed E-state index contributed by atoms with van der Waals surface area (Å²) in [6, 6.07) is 2.07. The second-order valence-corrected chi connectivity index (χ2v) is 10.3. The van der Waals surface area contributed by atoms with Crippen molar-refractivity contribution < 1.29 is 18.8 Å². The summed E-state index contributed by atoms with van der Waals surface area (Å²) in [5.41, 5.74) is 1.53. The van der Waals surface area contributed by atoms with Gasteiger partial charge in [-0.15, -0.1) is 0 Å². The predicted molar refractivity (Wildman–Crippen MR) is 129 cm³/mol. The molecule has 1 fully saturated rings. The van der Waals surface area contributed by atoms with E-state index in [1.165, 1.54) is 0 Å². The summed E-state index contributed by atoms with van der Waals surface area (Å²) < 4.78 is 11.1. The summed E-state index contributed by atoms with van der Waals surface area (Å²) in [6.45, 7) is 7.58. The molecule has 5 heterocycles. The molecule has 0 spiro atoms. The highest BCUT2D eigenvalue weighted by atomic mass is 16.6. The predicted octanol–water partition coefficient (Wildman–Crippen LogP) is 4.26. The summed E-state index contributed by atoms with van der Waals surface area (Å²) in [5, 5.41) is 5.09. The number of ketones is 1. The van der Waals surface area contributed by atoms with Crippen molar-refractivity contribution >= 4 is 28.7 Å². The van der Waals surface area contributed by atoms with Crippen molar-refractivity contribution in [3.8, 4) is 0 Å². The van der Waals surface area contributed by atoms with E-state index in [0.29, 0.717) is 38.0 Å². The quantitative estimate of drug-likeness (QED) is 0.520. The van der Waals surface area contributed by atoms with Gasteiger partial charge in [0, 0.05) is 43.7 Å². The minimum absolute atomic E-state index is 0.0202. The third kappa shape index (κ3) is 4.87. The van der Waals surface area contributed by atoms with Crippen LogP contribution in [0.2, 0.25) is 0 Å². The Morgan fingerprint density at radius 1 is 1.26 bits per heavy atom. The number of nitrogens with one attached hydrogen (secondary N) is 1. The monoisotopic (exact) mass is 480 g/mol. The zero-order valence-corrected chi connectivity index (χ0v) is 20.5. The van der Waals surface area contributed by atoms with Gasteiger partial charge in [-0.25, -0.2) is 14.8 Å². The van der Waals surface area contributed by atoms with Crippen LogP contribution in [0.1, 0.15) is 74.7 Å². The molecular formula is C25H32N6O4. The van der Waals surface area contributed by atoms with Crippen LogP contribution in [0, 0.1) is 0 Å². The fourth-order valence-electron chi connectivity index (χ4n) is 5.03. The van der Waals surface area contributed by atoms with Gasteiger partial charge in [0.15, 0.2) is 11.5 Å². The molecule has 10 nitrogen and oxygen atoms in total. The highest BCUT2D eigenvalue weighted by Gasteiger charge is 2.33. The summed E-state index contributed by atoms with van der Waals surface area (Å²) in [6.07, 6.45) is 7.52. The maximum Gasteiger partial charge on any atom is 0.410 e. The van der Waals surface area contributed by atoms with Crippen molar-refractivity contribution in [2.45, 2.75) is 77.5 Å². The molecule has 1 N–H and O–H groups in total. The highest BCUT2D eigenvalue weighted by Crippen LogP contribution is 2.30. The summed E-state index contributed by atoms with van der Waals surface area (Å²) in [5.74, 6) is 1.59. The SMILES string of the molecule is CC(C)(C)OC(=O)N1CCCC1CCCC(=O)c1noc2c1CN(c1ncnc3[nH]ccc13)CC2. The number of ether oxygens (including phenoxy) is 1. The van der Waals surface area contributed by atoms with E-state index in [0.717, 1.165) is 54.0 Å². The number of likely N-dealkylation sites (tertiary alicyclic amines) is 1. The molecule has 0 saturated carbocycles. The minimum atomic E-state index is -0.515. The van der Waals surface area contributed by atoms with Crippen molar-refractivity contribution in [3.05, 3.63) is 35.6 Å². The van der Waals surface area contributed by atoms with Gasteiger partial charge in [-0.3, -0.25) is 4.79 Å². The van der Waals surface area contributed by atoms with Gasteiger partial charge in [0.1, 0.15) is 29.2 Å². The molecule has 0 bridgehead atoms. The molecule has 1 unspecified atom stereocenters. The normalized spacial score (nSPS) is 18.2. The Morgan fingerprint density at radius 2 is 2.11 bits per heavy atom. The second-order valence-electron chi connectivity index (χ2n) is 10.3. The van der Waals surface area contributed by atoms with E-state index in [9.17, 15) is 9.59 Å². The maximum absolute atomic E-state index is 13.1. The number of anilines is 1. The van der Waals surface area contributed by atoms with Gasteiger partial charge < -0.3 is 24.0 Å². The largest absolute Gasteiger partial charge is 0.444 e. The molecule has 0 radical (unpaired) electrons. The van der Waals surface area contributed by atoms with Crippen molar-refractivity contribution in [1.82, 2.24) is 25.0 Å². The van der Waals surface area contributed by atoms with Crippen molar-refractivity contribution in [2.24, 2.45) is 0 Å². The minimum Gasteiger partial charge on any atom is -0.444 e. The lowest BCUT2D eigenvalue weighted by atomic mass is 10.00. The Bertz CT molecular complexity index is 1230. The topological polar surface area (TPSA) is 117 Å². The van der Waals surface area contributed by atoms with E-state index >= 15 is 0 Å². The van der Waals surface area contributed by atoms with Crippen molar-refractivity contribution in [1.29, 1.82) is 0 Å². The smallest absolute Gasteiger partial charge is 0.410 e. The molecule has 5 rings (SSSR count). The fraction of sp³-hybridized carbons (Fsp3) is 0.560. The number of nitrogens with zero attached hydrogens (tertiary/aromatic N) is 5. The van der Waals surface area contributed by atoms with Gasteiger partial charge >= 0.3 is 6.09 Å². The maximum atomic E-state index is 13.1. The van der Waals surface area contributed by atoms with Gasteiger partial charge in [0.25, 0.3) is 0 Å². The average molecular weight is 481 g/mol. The van der Waals surface area contributed by atoms with Crippen LogP contribution < -0.4 is 4.90 Å². The number of amides is 1. The van der Waals surface area contributed by atoms with E-state index < -0.39 is 5.60 Å². The number of aromatic nitrogens is 4. The van der Waals surface area contributed by atoms with E-state index in [4.69, 9.17) is 9.26 Å². The fourth-order valence-corrected chi connectivity index (χ4v) is 5.03. The molecule has 10 heteroatoms. The first-order valence-corrected chi connectivity index (χ1v) is 12.3. The van der Waals surface area contributed by atoms with E-state index in [1.807, 2.05) is 37.9 Å². The first-order chi connectivity index (χ1) is 16.8. The lowest BCUT2D eigenvalue weighted by Crippen LogP contribution is -2.39. The van der Waals surface area contributed by atoms with Crippen LogP contribution >= 0.6 is 0 Å². The van der Waals surface area contributed by atoms with Gasteiger partial charge in [0.2, 0.25) is 0 Å². The molecule has 1 amide bonds. The standard InChI is InChI=1S/C25H32N6O4/c1-25(2,3)34-24(33)31-12-5-7-16(31)6-4-8-19(32)21-18-14-30(13-10-20(18)35-29-21)23-17-9-11-26-22(17)27-15-28-23/h9,11,15-16H,4-8,10,12-14H2,1-3H3,(H,26,27,28). The Labute approximate surface area is 204 Å². The number of carbonyl (C=O) groups excluding carboxylic acids is 2. The number of hydrogen-bond donors (Lipinski definition) is 1. The third-order valence-corrected chi connectivity index (χ3v) is 6.67. The molecule has 2 aliphatic heterocycles. The van der Waals surface area contributed by atoms with Crippen LogP contribution in [-0.4, -0.2) is 61.6 Å². The van der Waals surface area contributed by atoms with E-state index in [2.05, 4.69) is 25.0 Å². The van der Waals surface area contributed by atoms with Crippen molar-refractivity contribution in [3.63, 3.8) is 0 Å². The van der Waals surface area contributed by atoms with Gasteiger partial charge in [-0.05, 0) is 52.5 Å². The molecular weight excluding hydrogens is 448 g/mol. The number of hydrogen-bond acceptors (Lipinski definition) is 8. The van der Waals surface area contributed by atoms with Gasteiger partial charge in [-0.2, -0.15) is 0 Å². The molecule has 3 aromatic rings.